The molecule has 188 valence electrons. The van der Waals surface area contributed by atoms with E-state index in [1.165, 1.54) is 11.1 Å². The third kappa shape index (κ3) is 6.41. The average Bonchev–Trinajstić information content (AvgIpc) is 2.78. The molecule has 0 amide bonds. The molecule has 1 atom stereocenters. The van der Waals surface area contributed by atoms with E-state index in [9.17, 15) is 9.90 Å². The summed E-state index contributed by atoms with van der Waals surface area (Å²) in [5, 5.41) is 10.3. The molecule has 0 saturated heterocycles. The maximum Gasteiger partial charge on any atom is 0.172 e. The van der Waals surface area contributed by atoms with E-state index in [2.05, 4.69) is 45.0 Å². The van der Waals surface area contributed by atoms with Gasteiger partial charge in [0.2, 0.25) is 0 Å². The number of rotatable bonds is 11. The SMILES string of the molecule is CCC(CC)(c1ccc(OCC(=O)C(C)C)c(C)c1)c1ccc(OC[C@H](O)C(C)(C)C)c(C)c1. The van der Waals surface area contributed by atoms with Crippen LogP contribution in [0.1, 0.15) is 83.6 Å². The number of aliphatic hydroxyl groups is 1. The molecule has 34 heavy (non-hydrogen) atoms. The summed E-state index contributed by atoms with van der Waals surface area (Å²) in [6.07, 6.45) is 1.38. The molecule has 0 aliphatic heterocycles. The lowest BCUT2D eigenvalue weighted by molar-refractivity contribution is -0.123. The number of Topliss-reactive ketones (excluding diaryl/α,β-unsaturated/α-hetero) is 1. The fourth-order valence-electron chi connectivity index (χ4n) is 4.19. The zero-order valence-electron chi connectivity index (χ0n) is 22.6. The number of carbonyl (C=O) groups is 1. The molecule has 0 unspecified atom stereocenters. The molecule has 4 heteroatoms. The highest BCUT2D eigenvalue weighted by molar-refractivity contribution is 5.81. The first-order valence-corrected chi connectivity index (χ1v) is 12.5. The molecule has 1 N–H and O–H groups in total. The zero-order valence-corrected chi connectivity index (χ0v) is 22.6. The number of carbonyl (C=O) groups excluding carboxylic acids is 1. The van der Waals surface area contributed by atoms with Crippen molar-refractivity contribution in [3.8, 4) is 11.5 Å². The summed E-state index contributed by atoms with van der Waals surface area (Å²) < 4.78 is 11.8. The van der Waals surface area contributed by atoms with Gasteiger partial charge in [-0.1, -0.05) is 72.7 Å². The van der Waals surface area contributed by atoms with Gasteiger partial charge in [0.05, 0.1) is 6.10 Å². The van der Waals surface area contributed by atoms with Gasteiger partial charge >= 0.3 is 0 Å². The first-order valence-electron chi connectivity index (χ1n) is 12.5. The van der Waals surface area contributed by atoms with Gasteiger partial charge in [-0.05, 0) is 66.5 Å². The lowest BCUT2D eigenvalue weighted by Gasteiger charge is -2.34. The van der Waals surface area contributed by atoms with E-state index in [1.54, 1.807) is 0 Å². The number of aliphatic hydroxyl groups excluding tert-OH is 1. The van der Waals surface area contributed by atoms with E-state index >= 15 is 0 Å². The molecule has 0 heterocycles. The second-order valence-corrected chi connectivity index (χ2v) is 10.9. The summed E-state index contributed by atoms with van der Waals surface area (Å²) in [6.45, 7) is 18.7. The van der Waals surface area contributed by atoms with Crippen LogP contribution in [-0.4, -0.2) is 30.2 Å². The van der Waals surface area contributed by atoms with Crippen molar-refractivity contribution in [2.75, 3.05) is 13.2 Å². The molecule has 0 saturated carbocycles. The minimum atomic E-state index is -0.531. The van der Waals surface area contributed by atoms with Gasteiger partial charge in [-0.2, -0.15) is 0 Å². The molecular weight excluding hydrogens is 424 g/mol. The summed E-state index contributed by atoms with van der Waals surface area (Å²) in [5.74, 6) is 1.64. The van der Waals surface area contributed by atoms with E-state index < -0.39 is 6.10 Å². The largest absolute Gasteiger partial charge is 0.491 e. The quantitative estimate of drug-likeness (QED) is 0.394. The fourth-order valence-corrected chi connectivity index (χ4v) is 4.19. The Morgan fingerprint density at radius 1 is 0.882 bits per heavy atom. The van der Waals surface area contributed by atoms with E-state index in [0.717, 1.165) is 35.5 Å². The summed E-state index contributed by atoms with van der Waals surface area (Å²) >= 11 is 0. The van der Waals surface area contributed by atoms with Crippen LogP contribution in [0.2, 0.25) is 0 Å². The van der Waals surface area contributed by atoms with Gasteiger partial charge in [-0.15, -0.1) is 0 Å². The first-order chi connectivity index (χ1) is 15.9. The molecular formula is C30H44O4. The molecule has 0 aromatic heterocycles. The van der Waals surface area contributed by atoms with Crippen molar-refractivity contribution in [1.29, 1.82) is 0 Å². The van der Waals surface area contributed by atoms with Crippen LogP contribution in [-0.2, 0) is 10.2 Å². The van der Waals surface area contributed by atoms with Crippen LogP contribution in [0.25, 0.3) is 0 Å². The maximum absolute atomic E-state index is 12.0. The van der Waals surface area contributed by atoms with Crippen molar-refractivity contribution in [3.63, 3.8) is 0 Å². The zero-order chi connectivity index (χ0) is 25.7. The highest BCUT2D eigenvalue weighted by Gasteiger charge is 2.32. The number of benzene rings is 2. The topological polar surface area (TPSA) is 55.8 Å². The summed E-state index contributed by atoms with van der Waals surface area (Å²) in [6, 6.07) is 12.7. The van der Waals surface area contributed by atoms with Crippen molar-refractivity contribution in [2.45, 2.75) is 86.7 Å². The summed E-state index contributed by atoms with van der Waals surface area (Å²) in [4.78, 5) is 12.0. The van der Waals surface area contributed by atoms with Crippen LogP contribution in [0.5, 0.6) is 11.5 Å². The third-order valence-corrected chi connectivity index (χ3v) is 7.07. The standard InChI is InChI=1S/C30H44O4/c1-10-30(11-2,23-12-14-26(21(5)16-23)33-18-25(31)20(3)4)24-13-15-27(22(6)17-24)34-19-28(32)29(7,8)9/h12-17,20,28,32H,10-11,18-19H2,1-9H3/t28-/m0/s1. The molecule has 0 bridgehead atoms. The molecule has 0 radical (unpaired) electrons. The second-order valence-electron chi connectivity index (χ2n) is 10.9. The monoisotopic (exact) mass is 468 g/mol. The minimum absolute atomic E-state index is 0.0284. The Morgan fingerprint density at radius 3 is 1.74 bits per heavy atom. The Bertz CT molecular complexity index is 964. The predicted molar refractivity (Wildman–Crippen MR) is 140 cm³/mol. The number of aryl methyl sites for hydroxylation is 2. The first kappa shape index (κ1) is 27.9. The normalized spacial score (nSPS) is 13.1. The van der Waals surface area contributed by atoms with E-state index in [1.807, 2.05) is 53.7 Å². The van der Waals surface area contributed by atoms with Gasteiger partial charge in [-0.25, -0.2) is 0 Å². The fraction of sp³-hybridized carbons (Fsp3) is 0.567. The van der Waals surface area contributed by atoms with Gasteiger partial charge in [0.25, 0.3) is 0 Å². The van der Waals surface area contributed by atoms with Crippen molar-refractivity contribution in [1.82, 2.24) is 0 Å². The Morgan fingerprint density at radius 2 is 1.35 bits per heavy atom. The average molecular weight is 469 g/mol. The number of hydrogen-bond acceptors (Lipinski definition) is 4. The van der Waals surface area contributed by atoms with E-state index in [-0.39, 0.29) is 35.7 Å². The molecule has 2 aromatic carbocycles. The third-order valence-electron chi connectivity index (χ3n) is 7.07. The number of hydrogen-bond donors (Lipinski definition) is 1. The van der Waals surface area contributed by atoms with Crippen LogP contribution < -0.4 is 9.47 Å². The second kappa shape index (κ2) is 11.4. The highest BCUT2D eigenvalue weighted by atomic mass is 16.5. The summed E-state index contributed by atoms with van der Waals surface area (Å²) in [5.41, 5.74) is 4.24. The van der Waals surface area contributed by atoms with Crippen LogP contribution in [0, 0.1) is 25.2 Å². The van der Waals surface area contributed by atoms with E-state index in [4.69, 9.17) is 9.47 Å². The van der Waals surface area contributed by atoms with Gasteiger partial charge in [-0.3, -0.25) is 4.79 Å². The van der Waals surface area contributed by atoms with Gasteiger partial charge in [0.1, 0.15) is 24.7 Å². The van der Waals surface area contributed by atoms with Crippen molar-refractivity contribution >= 4 is 5.78 Å². The number of ketones is 1. The molecule has 0 spiro atoms. The van der Waals surface area contributed by atoms with Gasteiger partial charge in [0, 0.05) is 11.3 Å². The molecule has 2 rings (SSSR count). The van der Waals surface area contributed by atoms with Crippen LogP contribution in [0.3, 0.4) is 0 Å². The number of ether oxygens (including phenoxy) is 2. The minimum Gasteiger partial charge on any atom is -0.491 e. The van der Waals surface area contributed by atoms with Crippen LogP contribution in [0.4, 0.5) is 0 Å². The molecule has 0 aliphatic carbocycles. The van der Waals surface area contributed by atoms with Gasteiger partial charge < -0.3 is 14.6 Å². The smallest absolute Gasteiger partial charge is 0.172 e. The molecule has 0 aliphatic rings. The van der Waals surface area contributed by atoms with E-state index in [0.29, 0.717) is 0 Å². The predicted octanol–water partition coefficient (Wildman–Crippen LogP) is 6.80. The van der Waals surface area contributed by atoms with Crippen molar-refractivity contribution < 1.29 is 19.4 Å². The molecule has 4 nitrogen and oxygen atoms in total. The Labute approximate surface area is 206 Å². The van der Waals surface area contributed by atoms with Crippen molar-refractivity contribution in [2.24, 2.45) is 11.3 Å². The Hall–Kier alpha value is -2.33. The Balaban J connectivity index is 2.31. The maximum atomic E-state index is 12.0. The Kier molecular flexibility index (Phi) is 9.36. The van der Waals surface area contributed by atoms with Crippen molar-refractivity contribution in [3.05, 3.63) is 58.7 Å². The molecule has 2 aromatic rings. The highest BCUT2D eigenvalue weighted by Crippen LogP contribution is 2.41. The summed E-state index contributed by atoms with van der Waals surface area (Å²) in [7, 11) is 0. The van der Waals surface area contributed by atoms with Gasteiger partial charge in [0.15, 0.2) is 5.78 Å². The molecule has 0 fully saturated rings. The van der Waals surface area contributed by atoms with Crippen LogP contribution in [0.15, 0.2) is 36.4 Å². The lowest BCUT2D eigenvalue weighted by Crippen LogP contribution is -2.32. The van der Waals surface area contributed by atoms with Crippen LogP contribution >= 0.6 is 0 Å². The lowest BCUT2D eigenvalue weighted by atomic mass is 9.70.